The SMILES string of the molecule is O=C(O)NCc1ccc2nc3n(c(=O)c2c1)-c1ccc(F)cc1C3=O. The molecule has 0 atom stereocenters. The van der Waals surface area contributed by atoms with Crippen LogP contribution in [0.2, 0.25) is 0 Å². The fraction of sp³-hybridized carbons (Fsp3) is 0.0588. The van der Waals surface area contributed by atoms with Crippen LogP contribution in [0.5, 0.6) is 0 Å². The number of hydrogen-bond donors (Lipinski definition) is 2. The molecule has 0 unspecified atom stereocenters. The van der Waals surface area contributed by atoms with Crippen LogP contribution in [0, 0.1) is 5.82 Å². The summed E-state index contributed by atoms with van der Waals surface area (Å²) in [4.78, 5) is 40.1. The number of hydrogen-bond acceptors (Lipinski definition) is 4. The van der Waals surface area contributed by atoms with Crippen LogP contribution in [0.1, 0.15) is 21.7 Å². The summed E-state index contributed by atoms with van der Waals surface area (Å²) >= 11 is 0. The highest BCUT2D eigenvalue weighted by atomic mass is 19.1. The van der Waals surface area contributed by atoms with Gasteiger partial charge in [0.1, 0.15) is 5.82 Å². The molecule has 0 bridgehead atoms. The molecule has 0 aliphatic carbocycles. The maximum absolute atomic E-state index is 13.4. The van der Waals surface area contributed by atoms with Crippen molar-refractivity contribution in [3.8, 4) is 5.69 Å². The molecule has 0 fully saturated rings. The zero-order valence-electron chi connectivity index (χ0n) is 12.6. The number of rotatable bonds is 2. The number of nitrogens with zero attached hydrogens (tertiary/aromatic N) is 2. The third kappa shape index (κ3) is 2.26. The van der Waals surface area contributed by atoms with E-state index in [4.69, 9.17) is 5.11 Å². The van der Waals surface area contributed by atoms with Crippen LogP contribution in [0.15, 0.2) is 41.2 Å². The molecule has 1 aliphatic heterocycles. The first-order chi connectivity index (χ1) is 12.0. The molecule has 1 aromatic heterocycles. The first-order valence-electron chi connectivity index (χ1n) is 7.33. The predicted molar refractivity (Wildman–Crippen MR) is 85.6 cm³/mol. The Morgan fingerprint density at radius 2 is 2.00 bits per heavy atom. The summed E-state index contributed by atoms with van der Waals surface area (Å²) in [6, 6.07) is 8.31. The van der Waals surface area contributed by atoms with E-state index in [0.29, 0.717) is 11.1 Å². The zero-order valence-corrected chi connectivity index (χ0v) is 12.6. The van der Waals surface area contributed by atoms with Crippen LogP contribution >= 0.6 is 0 Å². The van der Waals surface area contributed by atoms with E-state index in [9.17, 15) is 18.8 Å². The van der Waals surface area contributed by atoms with Crippen molar-refractivity contribution >= 4 is 22.8 Å². The van der Waals surface area contributed by atoms with Gasteiger partial charge in [-0.05, 0) is 35.9 Å². The highest BCUT2D eigenvalue weighted by molar-refractivity contribution is 6.13. The van der Waals surface area contributed by atoms with E-state index in [0.717, 1.165) is 10.6 Å². The number of aromatic nitrogens is 2. The second-order valence-electron chi connectivity index (χ2n) is 5.58. The van der Waals surface area contributed by atoms with Gasteiger partial charge in [-0.25, -0.2) is 14.2 Å². The molecule has 124 valence electrons. The molecule has 1 amide bonds. The molecule has 2 heterocycles. The van der Waals surface area contributed by atoms with Crippen LogP contribution in [0.4, 0.5) is 9.18 Å². The van der Waals surface area contributed by atoms with Crippen LogP contribution in [-0.2, 0) is 6.54 Å². The van der Waals surface area contributed by atoms with Gasteiger partial charge in [0.15, 0.2) is 5.82 Å². The smallest absolute Gasteiger partial charge is 0.404 e. The number of amides is 1. The number of carboxylic acid groups (broad SMARTS) is 1. The Labute approximate surface area is 139 Å². The molecular weight excluding hydrogens is 329 g/mol. The number of benzene rings is 2. The molecule has 0 saturated heterocycles. The summed E-state index contributed by atoms with van der Waals surface area (Å²) in [6.07, 6.45) is -1.18. The quantitative estimate of drug-likeness (QED) is 0.580. The molecule has 0 saturated carbocycles. The van der Waals surface area contributed by atoms with Crippen molar-refractivity contribution in [2.75, 3.05) is 0 Å². The summed E-state index contributed by atoms with van der Waals surface area (Å²) in [5.74, 6) is -1.14. The Hall–Kier alpha value is -3.55. The van der Waals surface area contributed by atoms with Crippen LogP contribution in [0.25, 0.3) is 16.6 Å². The van der Waals surface area contributed by atoms with Gasteiger partial charge in [0.05, 0.1) is 22.2 Å². The number of nitrogens with one attached hydrogen (secondary N) is 1. The molecular formula is C17H10FN3O4. The minimum atomic E-state index is -1.18. The van der Waals surface area contributed by atoms with Crippen molar-refractivity contribution < 1.29 is 19.1 Å². The lowest BCUT2D eigenvalue weighted by Crippen LogP contribution is -2.23. The van der Waals surface area contributed by atoms with Gasteiger partial charge in [0, 0.05) is 6.54 Å². The van der Waals surface area contributed by atoms with Gasteiger partial charge in [0.2, 0.25) is 5.78 Å². The third-order valence-electron chi connectivity index (χ3n) is 4.02. The van der Waals surface area contributed by atoms with Gasteiger partial charge in [-0.3, -0.25) is 14.2 Å². The van der Waals surface area contributed by atoms with E-state index in [1.807, 2.05) is 0 Å². The van der Waals surface area contributed by atoms with Crippen molar-refractivity contribution in [2.45, 2.75) is 6.54 Å². The van der Waals surface area contributed by atoms with Gasteiger partial charge in [-0.15, -0.1) is 0 Å². The van der Waals surface area contributed by atoms with Gasteiger partial charge >= 0.3 is 6.09 Å². The molecule has 8 heteroatoms. The highest BCUT2D eigenvalue weighted by Gasteiger charge is 2.30. The Balaban J connectivity index is 1.93. The standard InChI is InChI=1S/C17H10FN3O4/c18-9-2-4-13-11(6-9)14(22)15-20-12-3-1-8(7-19-17(24)25)5-10(12)16(23)21(13)15/h1-6,19H,7H2,(H,24,25). The molecule has 3 aromatic rings. The molecule has 25 heavy (non-hydrogen) atoms. The van der Waals surface area contributed by atoms with E-state index in [1.54, 1.807) is 12.1 Å². The molecule has 1 aliphatic rings. The monoisotopic (exact) mass is 339 g/mol. The van der Waals surface area contributed by atoms with Gasteiger partial charge < -0.3 is 10.4 Å². The number of carbonyl (C=O) groups is 2. The number of carbonyl (C=O) groups excluding carboxylic acids is 1. The fourth-order valence-electron chi connectivity index (χ4n) is 2.90. The number of fused-ring (bicyclic) bond motifs is 4. The van der Waals surface area contributed by atoms with Crippen molar-refractivity contribution in [2.24, 2.45) is 0 Å². The molecule has 2 N–H and O–H groups in total. The van der Waals surface area contributed by atoms with Gasteiger partial charge in [-0.2, -0.15) is 0 Å². The first-order valence-corrected chi connectivity index (χ1v) is 7.33. The molecule has 0 radical (unpaired) electrons. The summed E-state index contributed by atoms with van der Waals surface area (Å²) in [7, 11) is 0. The highest BCUT2D eigenvalue weighted by Crippen LogP contribution is 2.27. The maximum atomic E-state index is 13.4. The normalized spacial score (nSPS) is 12.1. The predicted octanol–water partition coefficient (Wildman–Crippen LogP) is 1.84. The van der Waals surface area contributed by atoms with E-state index < -0.39 is 23.3 Å². The maximum Gasteiger partial charge on any atom is 0.404 e. The average molecular weight is 339 g/mol. The van der Waals surface area contributed by atoms with E-state index in [2.05, 4.69) is 10.3 Å². The molecule has 0 spiro atoms. The second-order valence-corrected chi connectivity index (χ2v) is 5.58. The average Bonchev–Trinajstić information content (AvgIpc) is 2.86. The zero-order chi connectivity index (χ0) is 17.7. The van der Waals surface area contributed by atoms with Gasteiger partial charge in [0.25, 0.3) is 5.56 Å². The molecule has 4 rings (SSSR count). The van der Waals surface area contributed by atoms with Crippen molar-refractivity contribution in [3.63, 3.8) is 0 Å². The lowest BCUT2D eigenvalue weighted by Gasteiger charge is -2.07. The van der Waals surface area contributed by atoms with Crippen molar-refractivity contribution in [3.05, 3.63) is 69.5 Å². The lowest BCUT2D eigenvalue weighted by molar-refractivity contribution is 0.103. The number of halogens is 1. The van der Waals surface area contributed by atoms with E-state index in [-0.39, 0.29) is 29.0 Å². The van der Waals surface area contributed by atoms with Crippen LogP contribution in [-0.4, -0.2) is 26.5 Å². The van der Waals surface area contributed by atoms with E-state index >= 15 is 0 Å². The first kappa shape index (κ1) is 15.0. The number of ketones is 1. The van der Waals surface area contributed by atoms with Gasteiger partial charge in [-0.1, -0.05) is 6.07 Å². The Kier molecular flexibility index (Phi) is 3.14. The Morgan fingerprint density at radius 1 is 1.20 bits per heavy atom. The second kappa shape index (κ2) is 5.23. The van der Waals surface area contributed by atoms with Crippen LogP contribution in [0.3, 0.4) is 0 Å². The lowest BCUT2D eigenvalue weighted by atomic mass is 10.1. The molecule has 2 aromatic carbocycles. The largest absolute Gasteiger partial charge is 0.465 e. The van der Waals surface area contributed by atoms with E-state index in [1.165, 1.54) is 18.2 Å². The minimum Gasteiger partial charge on any atom is -0.465 e. The summed E-state index contributed by atoms with van der Waals surface area (Å²) in [5, 5.41) is 11.1. The summed E-state index contributed by atoms with van der Waals surface area (Å²) in [5.41, 5.74) is 0.813. The molecule has 7 nitrogen and oxygen atoms in total. The summed E-state index contributed by atoms with van der Waals surface area (Å²) < 4.78 is 14.6. The minimum absolute atomic E-state index is 0.0349. The summed E-state index contributed by atoms with van der Waals surface area (Å²) in [6.45, 7) is 0.0349. The van der Waals surface area contributed by atoms with Crippen LogP contribution < -0.4 is 10.9 Å². The Morgan fingerprint density at radius 3 is 2.76 bits per heavy atom. The topological polar surface area (TPSA) is 101 Å². The van der Waals surface area contributed by atoms with Crippen molar-refractivity contribution in [1.82, 2.24) is 14.9 Å². The Bertz CT molecular complexity index is 1140. The third-order valence-corrected chi connectivity index (χ3v) is 4.02. The fourth-order valence-corrected chi connectivity index (χ4v) is 2.90. The van der Waals surface area contributed by atoms with Crippen molar-refractivity contribution in [1.29, 1.82) is 0 Å².